The van der Waals surface area contributed by atoms with Gasteiger partial charge in [0.1, 0.15) is 11.3 Å². The molecule has 0 fully saturated rings. The molecule has 8 nitrogen and oxygen atoms in total. The summed E-state index contributed by atoms with van der Waals surface area (Å²) in [5.41, 5.74) is -2.80. The Morgan fingerprint density at radius 3 is 2.48 bits per heavy atom. The number of carbonyl (C=O) groups excluding carboxylic acids is 2. The zero-order valence-electron chi connectivity index (χ0n) is 14.0. The predicted molar refractivity (Wildman–Crippen MR) is 85.1 cm³/mol. The number of aryl methyl sites for hydroxylation is 1. The highest BCUT2D eigenvalue weighted by molar-refractivity contribution is 5.98. The Morgan fingerprint density at radius 1 is 1.30 bits per heavy atom. The molecule has 2 aromatic rings. The highest BCUT2D eigenvalue weighted by Gasteiger charge is 2.36. The number of rotatable bonds is 5. The first-order valence-electron chi connectivity index (χ1n) is 7.42. The minimum atomic E-state index is -4.94. The van der Waals surface area contributed by atoms with Crippen molar-refractivity contribution in [2.24, 2.45) is 0 Å². The van der Waals surface area contributed by atoms with Gasteiger partial charge < -0.3 is 14.5 Å². The van der Waals surface area contributed by atoms with Gasteiger partial charge in [0.05, 0.1) is 22.4 Å². The first-order valence-corrected chi connectivity index (χ1v) is 7.42. The minimum absolute atomic E-state index is 0.0703. The molecular weight excluding hydrogens is 373 g/mol. The third kappa shape index (κ3) is 4.63. The van der Waals surface area contributed by atoms with Crippen molar-refractivity contribution >= 4 is 23.3 Å². The molecule has 0 aliphatic carbocycles. The Hall–Kier alpha value is -3.37. The number of nitro benzene ring substituents is 1. The normalized spacial score (nSPS) is 12.3. The maximum absolute atomic E-state index is 13.1. The van der Waals surface area contributed by atoms with Gasteiger partial charge >= 0.3 is 12.1 Å². The molecule has 0 saturated heterocycles. The molecular formula is C16H13F3N2O6. The van der Waals surface area contributed by atoms with E-state index in [-0.39, 0.29) is 11.3 Å². The molecule has 0 bridgehead atoms. The van der Waals surface area contributed by atoms with Crippen molar-refractivity contribution < 1.29 is 36.8 Å². The van der Waals surface area contributed by atoms with Gasteiger partial charge in [-0.05, 0) is 26.0 Å². The minimum Gasteiger partial charge on any atom is -0.469 e. The van der Waals surface area contributed by atoms with Crippen LogP contribution in [-0.4, -0.2) is 22.9 Å². The largest absolute Gasteiger partial charge is 0.469 e. The lowest BCUT2D eigenvalue weighted by Crippen LogP contribution is -2.30. The summed E-state index contributed by atoms with van der Waals surface area (Å²) >= 11 is 0. The van der Waals surface area contributed by atoms with Gasteiger partial charge in [-0.2, -0.15) is 13.2 Å². The molecule has 0 aliphatic heterocycles. The monoisotopic (exact) mass is 386 g/mol. The predicted octanol–water partition coefficient (Wildman–Crippen LogP) is 3.70. The zero-order valence-corrected chi connectivity index (χ0v) is 14.0. The van der Waals surface area contributed by atoms with E-state index in [0.717, 1.165) is 12.1 Å². The first-order chi connectivity index (χ1) is 12.5. The third-order valence-corrected chi connectivity index (χ3v) is 3.51. The number of nitro groups is 1. The van der Waals surface area contributed by atoms with Crippen LogP contribution in [0.2, 0.25) is 0 Å². The van der Waals surface area contributed by atoms with E-state index in [1.54, 1.807) is 0 Å². The van der Waals surface area contributed by atoms with E-state index >= 15 is 0 Å². The summed E-state index contributed by atoms with van der Waals surface area (Å²) in [5, 5.41) is 12.6. The van der Waals surface area contributed by atoms with Crippen LogP contribution in [0.15, 0.2) is 34.9 Å². The van der Waals surface area contributed by atoms with Crippen molar-refractivity contribution in [2.75, 3.05) is 5.32 Å². The molecule has 0 spiro atoms. The van der Waals surface area contributed by atoms with Crippen LogP contribution in [0.4, 0.5) is 24.5 Å². The molecule has 0 saturated carbocycles. The Balaban J connectivity index is 2.18. The second-order valence-corrected chi connectivity index (χ2v) is 5.41. The van der Waals surface area contributed by atoms with E-state index in [2.05, 4.69) is 0 Å². The number of hydrogen-bond acceptors (Lipinski definition) is 6. The molecule has 1 aromatic carbocycles. The number of nitrogens with one attached hydrogen (secondary N) is 1. The Morgan fingerprint density at radius 2 is 1.96 bits per heavy atom. The molecule has 0 radical (unpaired) electrons. The van der Waals surface area contributed by atoms with E-state index in [4.69, 9.17) is 9.15 Å². The third-order valence-electron chi connectivity index (χ3n) is 3.51. The number of non-ortho nitro benzene ring substituents is 1. The molecule has 1 amide bonds. The van der Waals surface area contributed by atoms with Crippen molar-refractivity contribution in [3.8, 4) is 0 Å². The summed E-state index contributed by atoms with van der Waals surface area (Å²) in [6, 6.07) is 3.20. The molecule has 0 aliphatic rings. The lowest BCUT2D eigenvalue weighted by atomic mass is 10.1. The van der Waals surface area contributed by atoms with Crippen LogP contribution in [0, 0.1) is 17.0 Å². The summed E-state index contributed by atoms with van der Waals surface area (Å²) in [6.07, 6.45) is -5.13. The topological polar surface area (TPSA) is 112 Å². The lowest BCUT2D eigenvalue weighted by Gasteiger charge is -2.16. The van der Waals surface area contributed by atoms with Gasteiger partial charge in [-0.3, -0.25) is 14.9 Å². The van der Waals surface area contributed by atoms with Gasteiger partial charge in [0.2, 0.25) is 0 Å². The van der Waals surface area contributed by atoms with Crippen LogP contribution in [-0.2, 0) is 15.7 Å². The van der Waals surface area contributed by atoms with Crippen LogP contribution in [0.3, 0.4) is 0 Å². The van der Waals surface area contributed by atoms with E-state index in [1.807, 2.05) is 5.32 Å². The molecule has 1 aromatic heterocycles. The number of alkyl halides is 3. The lowest BCUT2D eigenvalue weighted by molar-refractivity contribution is -0.385. The van der Waals surface area contributed by atoms with Crippen molar-refractivity contribution in [3.05, 3.63) is 57.5 Å². The highest BCUT2D eigenvalue weighted by Crippen LogP contribution is 2.37. The zero-order chi connectivity index (χ0) is 20.4. The number of benzene rings is 1. The van der Waals surface area contributed by atoms with E-state index in [9.17, 15) is 32.9 Å². The van der Waals surface area contributed by atoms with Crippen molar-refractivity contribution in [1.82, 2.24) is 0 Å². The Kier molecular flexibility index (Phi) is 5.52. The molecule has 1 atom stereocenters. The number of hydrogen-bond donors (Lipinski definition) is 1. The molecule has 0 unspecified atom stereocenters. The first kappa shape index (κ1) is 19.9. The second-order valence-electron chi connectivity index (χ2n) is 5.41. The smallest absolute Gasteiger partial charge is 0.418 e. The van der Waals surface area contributed by atoms with Crippen LogP contribution in [0.1, 0.15) is 28.6 Å². The molecule has 27 heavy (non-hydrogen) atoms. The van der Waals surface area contributed by atoms with Crippen molar-refractivity contribution in [2.45, 2.75) is 26.1 Å². The van der Waals surface area contributed by atoms with Crippen LogP contribution >= 0.6 is 0 Å². The maximum atomic E-state index is 13.1. The Bertz CT molecular complexity index is 891. The number of nitrogens with zero attached hydrogens (tertiary/aromatic N) is 1. The molecule has 1 heterocycles. The Labute approximate surface area is 150 Å². The average Bonchev–Trinajstić information content (AvgIpc) is 3.00. The SMILES string of the molecule is Cc1occc1C(=O)O[C@H](C)C(=O)Nc1ccc([N+](=O)[O-])cc1C(F)(F)F. The molecule has 1 N–H and O–H groups in total. The number of ether oxygens (including phenoxy) is 1. The van der Waals surface area contributed by atoms with Gasteiger partial charge in [-0.25, -0.2) is 4.79 Å². The fourth-order valence-corrected chi connectivity index (χ4v) is 2.10. The number of esters is 1. The molecule has 144 valence electrons. The second kappa shape index (κ2) is 7.48. The number of amides is 1. The van der Waals surface area contributed by atoms with E-state index in [1.165, 1.54) is 26.2 Å². The summed E-state index contributed by atoms with van der Waals surface area (Å²) < 4.78 is 49.2. The summed E-state index contributed by atoms with van der Waals surface area (Å²) in [6.45, 7) is 2.66. The summed E-state index contributed by atoms with van der Waals surface area (Å²) in [7, 11) is 0. The standard InChI is InChI=1S/C16H13F3N2O6/c1-8-11(5-6-26-8)15(23)27-9(2)14(22)20-13-4-3-10(21(24)25)7-12(13)16(17,18)19/h3-7,9H,1-2H3,(H,20,22)/t9-/m1/s1. The number of halogens is 3. The molecule has 2 rings (SSSR count). The van der Waals surface area contributed by atoms with Crippen LogP contribution in [0.5, 0.6) is 0 Å². The van der Waals surface area contributed by atoms with E-state index in [0.29, 0.717) is 6.07 Å². The highest BCUT2D eigenvalue weighted by atomic mass is 19.4. The summed E-state index contributed by atoms with van der Waals surface area (Å²) in [5.74, 6) is -1.67. The van der Waals surface area contributed by atoms with Gasteiger partial charge in [-0.15, -0.1) is 0 Å². The van der Waals surface area contributed by atoms with Crippen LogP contribution in [0.25, 0.3) is 0 Å². The fourth-order valence-electron chi connectivity index (χ4n) is 2.10. The van der Waals surface area contributed by atoms with E-state index < -0.39 is 46.0 Å². The van der Waals surface area contributed by atoms with Gasteiger partial charge in [0.15, 0.2) is 6.10 Å². The number of furan rings is 1. The quantitative estimate of drug-likeness (QED) is 0.476. The van der Waals surface area contributed by atoms with Crippen LogP contribution < -0.4 is 5.32 Å². The van der Waals surface area contributed by atoms with Crippen molar-refractivity contribution in [3.63, 3.8) is 0 Å². The molecule has 11 heteroatoms. The summed E-state index contributed by atoms with van der Waals surface area (Å²) in [4.78, 5) is 33.7. The maximum Gasteiger partial charge on any atom is 0.418 e. The van der Waals surface area contributed by atoms with Gasteiger partial charge in [-0.1, -0.05) is 0 Å². The fraction of sp³-hybridized carbons (Fsp3) is 0.250. The van der Waals surface area contributed by atoms with Gasteiger partial charge in [0, 0.05) is 12.1 Å². The van der Waals surface area contributed by atoms with Crippen molar-refractivity contribution in [1.29, 1.82) is 0 Å². The average molecular weight is 386 g/mol. The number of anilines is 1. The number of carbonyl (C=O) groups is 2. The van der Waals surface area contributed by atoms with Gasteiger partial charge in [0.25, 0.3) is 11.6 Å².